The Bertz CT molecular complexity index is 606. The maximum Gasteiger partial charge on any atom is 0.194 e. The highest BCUT2D eigenvalue weighted by atomic mass is 79.9. The van der Waals surface area contributed by atoms with Crippen molar-refractivity contribution in [3.63, 3.8) is 0 Å². The third-order valence-electron chi connectivity index (χ3n) is 2.77. The molecule has 0 bridgehead atoms. The molecule has 0 aromatic heterocycles. The van der Waals surface area contributed by atoms with Crippen LogP contribution in [0, 0.1) is 0 Å². The van der Waals surface area contributed by atoms with Crippen LogP contribution in [0.4, 0.5) is 0 Å². The molecule has 0 aliphatic heterocycles. The van der Waals surface area contributed by atoms with Crippen molar-refractivity contribution < 1.29 is 9.53 Å². The highest BCUT2D eigenvalue weighted by Gasteiger charge is 2.12. The minimum absolute atomic E-state index is 0.00795. The molecule has 104 valence electrons. The maximum absolute atomic E-state index is 12.4. The van der Waals surface area contributed by atoms with Crippen LogP contribution in [0.25, 0.3) is 0 Å². The summed E-state index contributed by atoms with van der Waals surface area (Å²) in [6.45, 7) is 2.74. The number of carbonyl (C=O) groups excluding carboxylic acids is 1. The van der Waals surface area contributed by atoms with Crippen molar-refractivity contribution in [3.8, 4) is 5.75 Å². The van der Waals surface area contributed by atoms with Gasteiger partial charge in [0.1, 0.15) is 5.75 Å². The summed E-state index contributed by atoms with van der Waals surface area (Å²) in [4.78, 5) is 12.4. The van der Waals surface area contributed by atoms with Crippen LogP contribution in [0.2, 0.25) is 0 Å². The smallest absolute Gasteiger partial charge is 0.194 e. The predicted molar refractivity (Wildman–Crippen MR) is 87.5 cm³/mol. The first kappa shape index (κ1) is 15.3. The van der Waals surface area contributed by atoms with Crippen LogP contribution in [0.5, 0.6) is 5.75 Å². The van der Waals surface area contributed by atoms with Gasteiger partial charge in [-0.15, -0.1) is 0 Å². The van der Waals surface area contributed by atoms with Crippen molar-refractivity contribution in [1.82, 2.24) is 0 Å². The Hall–Kier alpha value is -1.13. The van der Waals surface area contributed by atoms with E-state index in [4.69, 9.17) is 4.74 Å². The first-order valence-corrected chi connectivity index (χ1v) is 7.93. The van der Waals surface area contributed by atoms with Crippen LogP contribution in [0.3, 0.4) is 0 Å². The summed E-state index contributed by atoms with van der Waals surface area (Å²) < 4.78 is 7.22. The average Bonchev–Trinajstić information content (AvgIpc) is 2.45. The highest BCUT2D eigenvalue weighted by molar-refractivity contribution is 9.11. The summed E-state index contributed by atoms with van der Waals surface area (Å²) in [6.07, 6.45) is 0.965. The fourth-order valence-corrected chi connectivity index (χ4v) is 2.98. The maximum atomic E-state index is 12.4. The Balaban J connectivity index is 2.20. The third kappa shape index (κ3) is 3.70. The molecule has 0 fully saturated rings. The van der Waals surface area contributed by atoms with E-state index in [1.165, 1.54) is 0 Å². The van der Waals surface area contributed by atoms with Crippen molar-refractivity contribution in [2.45, 2.75) is 13.3 Å². The number of ketones is 1. The van der Waals surface area contributed by atoms with Gasteiger partial charge in [-0.1, -0.05) is 22.9 Å². The minimum Gasteiger partial charge on any atom is -0.494 e. The standard InChI is InChI=1S/C16H14Br2O2/c1-2-9-20-13-6-3-11(4-7-13)16(19)14-8-5-12(17)10-15(14)18/h3-8,10H,2,9H2,1H3. The van der Waals surface area contributed by atoms with E-state index in [0.717, 1.165) is 21.1 Å². The number of carbonyl (C=O) groups is 1. The van der Waals surface area contributed by atoms with E-state index in [2.05, 4.69) is 38.8 Å². The lowest BCUT2D eigenvalue weighted by Crippen LogP contribution is -2.02. The second kappa shape index (κ2) is 7.04. The number of hydrogen-bond donors (Lipinski definition) is 0. The Morgan fingerprint density at radius 2 is 1.80 bits per heavy atom. The number of ether oxygens (including phenoxy) is 1. The molecule has 0 radical (unpaired) electrons. The molecule has 2 rings (SSSR count). The molecule has 0 saturated heterocycles. The molecule has 0 saturated carbocycles. The monoisotopic (exact) mass is 396 g/mol. The van der Waals surface area contributed by atoms with E-state index < -0.39 is 0 Å². The number of rotatable bonds is 5. The van der Waals surface area contributed by atoms with Crippen LogP contribution < -0.4 is 4.74 Å². The molecule has 0 atom stereocenters. The fraction of sp³-hybridized carbons (Fsp3) is 0.188. The van der Waals surface area contributed by atoms with E-state index in [9.17, 15) is 4.79 Å². The molecule has 0 amide bonds. The molecule has 0 aliphatic rings. The van der Waals surface area contributed by atoms with Gasteiger partial charge in [0.15, 0.2) is 5.78 Å². The van der Waals surface area contributed by atoms with Gasteiger partial charge in [0.2, 0.25) is 0 Å². The van der Waals surface area contributed by atoms with Crippen LogP contribution in [-0.4, -0.2) is 12.4 Å². The first-order valence-electron chi connectivity index (χ1n) is 6.34. The Morgan fingerprint density at radius 3 is 2.40 bits per heavy atom. The second-order valence-electron chi connectivity index (χ2n) is 4.33. The normalized spacial score (nSPS) is 10.3. The van der Waals surface area contributed by atoms with E-state index in [1.54, 1.807) is 18.2 Å². The summed E-state index contributed by atoms with van der Waals surface area (Å²) in [5.41, 5.74) is 1.30. The van der Waals surface area contributed by atoms with Crippen LogP contribution in [0.15, 0.2) is 51.4 Å². The second-order valence-corrected chi connectivity index (χ2v) is 6.10. The molecule has 2 nitrogen and oxygen atoms in total. The summed E-state index contributed by atoms with van der Waals surface area (Å²) in [7, 11) is 0. The van der Waals surface area contributed by atoms with Gasteiger partial charge < -0.3 is 4.74 Å². The topological polar surface area (TPSA) is 26.3 Å². The number of hydrogen-bond acceptors (Lipinski definition) is 2. The van der Waals surface area contributed by atoms with E-state index in [0.29, 0.717) is 17.7 Å². The van der Waals surface area contributed by atoms with Gasteiger partial charge in [0.05, 0.1) is 6.61 Å². The van der Waals surface area contributed by atoms with E-state index in [1.807, 2.05) is 24.3 Å². The molecule has 2 aromatic carbocycles. The van der Waals surface area contributed by atoms with Crippen molar-refractivity contribution in [2.75, 3.05) is 6.61 Å². The lowest BCUT2D eigenvalue weighted by atomic mass is 10.0. The van der Waals surface area contributed by atoms with Crippen LogP contribution >= 0.6 is 31.9 Å². The highest BCUT2D eigenvalue weighted by Crippen LogP contribution is 2.25. The first-order chi connectivity index (χ1) is 9.61. The van der Waals surface area contributed by atoms with Gasteiger partial charge >= 0.3 is 0 Å². The molecule has 0 heterocycles. The lowest BCUT2D eigenvalue weighted by Gasteiger charge is -2.07. The number of benzene rings is 2. The van der Waals surface area contributed by atoms with E-state index >= 15 is 0 Å². The van der Waals surface area contributed by atoms with Crippen molar-refractivity contribution in [2.24, 2.45) is 0 Å². The molecule has 0 spiro atoms. The minimum atomic E-state index is -0.00795. The zero-order valence-corrected chi connectivity index (χ0v) is 14.2. The molecule has 0 N–H and O–H groups in total. The summed E-state index contributed by atoms with van der Waals surface area (Å²) in [5.74, 6) is 0.782. The Morgan fingerprint density at radius 1 is 1.10 bits per heavy atom. The zero-order chi connectivity index (χ0) is 14.5. The fourth-order valence-electron chi connectivity index (χ4n) is 1.75. The van der Waals surface area contributed by atoms with Crippen LogP contribution in [0.1, 0.15) is 29.3 Å². The molecule has 4 heteroatoms. The predicted octanol–water partition coefficient (Wildman–Crippen LogP) is 5.23. The molecule has 20 heavy (non-hydrogen) atoms. The van der Waals surface area contributed by atoms with Gasteiger partial charge in [-0.25, -0.2) is 0 Å². The number of halogens is 2. The SMILES string of the molecule is CCCOc1ccc(C(=O)c2ccc(Br)cc2Br)cc1. The Labute approximate surface area is 135 Å². The molecule has 0 aliphatic carbocycles. The molecule has 0 unspecified atom stereocenters. The van der Waals surface area contributed by atoms with Gasteiger partial charge in [0, 0.05) is 20.1 Å². The van der Waals surface area contributed by atoms with Gasteiger partial charge in [-0.3, -0.25) is 4.79 Å². The Kier molecular flexibility index (Phi) is 5.38. The lowest BCUT2D eigenvalue weighted by molar-refractivity contribution is 0.103. The summed E-state index contributed by atoms with van der Waals surface area (Å²) in [6, 6.07) is 12.8. The van der Waals surface area contributed by atoms with Crippen LogP contribution in [-0.2, 0) is 0 Å². The largest absolute Gasteiger partial charge is 0.494 e. The molecular formula is C16H14Br2O2. The molecule has 2 aromatic rings. The third-order valence-corrected chi connectivity index (χ3v) is 3.91. The van der Waals surface area contributed by atoms with Gasteiger partial charge in [-0.2, -0.15) is 0 Å². The van der Waals surface area contributed by atoms with E-state index in [-0.39, 0.29) is 5.78 Å². The molecular weight excluding hydrogens is 384 g/mol. The zero-order valence-electron chi connectivity index (χ0n) is 11.0. The van der Waals surface area contributed by atoms with Gasteiger partial charge in [-0.05, 0) is 64.8 Å². The van der Waals surface area contributed by atoms with Crippen molar-refractivity contribution in [1.29, 1.82) is 0 Å². The van der Waals surface area contributed by atoms with Crippen molar-refractivity contribution in [3.05, 3.63) is 62.5 Å². The summed E-state index contributed by atoms with van der Waals surface area (Å²) >= 11 is 6.80. The summed E-state index contributed by atoms with van der Waals surface area (Å²) in [5, 5.41) is 0. The van der Waals surface area contributed by atoms with Crippen molar-refractivity contribution >= 4 is 37.6 Å². The van der Waals surface area contributed by atoms with Gasteiger partial charge in [0.25, 0.3) is 0 Å². The quantitative estimate of drug-likeness (QED) is 0.645. The average molecular weight is 398 g/mol.